The van der Waals surface area contributed by atoms with E-state index in [1.54, 1.807) is 0 Å². The van der Waals surface area contributed by atoms with E-state index in [1.165, 1.54) is 0 Å². The predicted octanol–water partition coefficient (Wildman–Crippen LogP) is 1.62. The lowest BCUT2D eigenvalue weighted by atomic mass is 10.3. The Balaban J connectivity index is 2.53. The lowest BCUT2D eigenvalue weighted by Crippen LogP contribution is -2.32. The molecular formula is C10H11Cl2N3O4S. The zero-order chi connectivity index (χ0) is 15.1. The second kappa shape index (κ2) is 5.45. The topological polar surface area (TPSA) is 107 Å². The average molecular weight is 340 g/mol. The van der Waals surface area contributed by atoms with Crippen LogP contribution in [0.4, 0.5) is 5.69 Å². The summed E-state index contributed by atoms with van der Waals surface area (Å²) >= 11 is 11.5. The smallest absolute Gasteiger partial charge is 0.307 e. The largest absolute Gasteiger partial charge is 0.326 e. The van der Waals surface area contributed by atoms with Gasteiger partial charge >= 0.3 is 5.69 Å². The van der Waals surface area contributed by atoms with E-state index in [2.05, 4.69) is 0 Å². The summed E-state index contributed by atoms with van der Waals surface area (Å²) in [6, 6.07) is 2.07. The highest BCUT2D eigenvalue weighted by atomic mass is 35.5. The Bertz CT molecular complexity index is 665. The van der Waals surface area contributed by atoms with E-state index in [0.717, 1.165) is 16.4 Å². The first kappa shape index (κ1) is 15.5. The first-order valence-electron chi connectivity index (χ1n) is 5.63. The van der Waals surface area contributed by atoms with E-state index in [1.807, 2.05) is 0 Å². The predicted molar refractivity (Wildman–Crippen MR) is 74.5 cm³/mol. The molecule has 1 aliphatic heterocycles. The van der Waals surface area contributed by atoms with Crippen LogP contribution in [0.2, 0.25) is 10.0 Å². The molecule has 0 saturated carbocycles. The summed E-state index contributed by atoms with van der Waals surface area (Å²) in [5.41, 5.74) is 5.06. The Kier molecular flexibility index (Phi) is 4.22. The summed E-state index contributed by atoms with van der Waals surface area (Å²) < 4.78 is 26.0. The summed E-state index contributed by atoms with van der Waals surface area (Å²) in [6.45, 7) is 0.422. The molecule has 1 heterocycles. The van der Waals surface area contributed by atoms with Crippen molar-refractivity contribution in [1.29, 1.82) is 0 Å². The van der Waals surface area contributed by atoms with Crippen LogP contribution >= 0.6 is 23.2 Å². The monoisotopic (exact) mass is 339 g/mol. The Morgan fingerprint density at radius 3 is 2.55 bits per heavy atom. The summed E-state index contributed by atoms with van der Waals surface area (Å²) in [4.78, 5) is 9.77. The van der Waals surface area contributed by atoms with Crippen molar-refractivity contribution < 1.29 is 13.3 Å². The first-order chi connectivity index (χ1) is 9.25. The quantitative estimate of drug-likeness (QED) is 0.665. The number of rotatable bonds is 3. The van der Waals surface area contributed by atoms with Crippen molar-refractivity contribution in [2.75, 3.05) is 13.1 Å². The maximum Gasteiger partial charge on any atom is 0.307 e. The van der Waals surface area contributed by atoms with Gasteiger partial charge in [0.2, 0.25) is 10.0 Å². The van der Waals surface area contributed by atoms with Gasteiger partial charge in [0.1, 0.15) is 14.9 Å². The minimum atomic E-state index is -3.92. The van der Waals surface area contributed by atoms with Crippen LogP contribution < -0.4 is 5.73 Å². The highest BCUT2D eigenvalue weighted by Gasteiger charge is 2.35. The molecule has 0 unspecified atom stereocenters. The van der Waals surface area contributed by atoms with Crippen molar-refractivity contribution in [1.82, 2.24) is 4.31 Å². The molecule has 0 spiro atoms. The lowest BCUT2D eigenvalue weighted by molar-refractivity contribution is -0.384. The SMILES string of the molecule is N[C@@H]1CCN(S(=O)(=O)c2ccc(Cl)c([N+](=O)[O-])c2Cl)C1. The third-order valence-corrected chi connectivity index (χ3v) is 5.73. The van der Waals surface area contributed by atoms with Gasteiger partial charge in [-0.15, -0.1) is 0 Å². The molecule has 110 valence electrons. The summed E-state index contributed by atoms with van der Waals surface area (Å²) in [7, 11) is -3.92. The molecule has 2 N–H and O–H groups in total. The van der Waals surface area contributed by atoms with E-state index < -0.39 is 25.7 Å². The van der Waals surface area contributed by atoms with E-state index in [9.17, 15) is 18.5 Å². The fraction of sp³-hybridized carbons (Fsp3) is 0.400. The number of nitro groups is 1. The van der Waals surface area contributed by atoms with Crippen LogP contribution in [0.1, 0.15) is 6.42 Å². The van der Waals surface area contributed by atoms with Crippen molar-refractivity contribution in [3.05, 3.63) is 32.3 Å². The van der Waals surface area contributed by atoms with Crippen molar-refractivity contribution in [3.63, 3.8) is 0 Å². The zero-order valence-electron chi connectivity index (χ0n) is 10.1. The highest BCUT2D eigenvalue weighted by Crippen LogP contribution is 2.38. The van der Waals surface area contributed by atoms with Gasteiger partial charge in [0.15, 0.2) is 0 Å². The molecule has 1 atom stereocenters. The standard InChI is InChI=1S/C10H11Cl2N3O4S/c11-7-1-2-8(9(12)10(7)15(16)17)20(18,19)14-4-3-6(13)5-14/h1-2,6H,3-5,13H2/t6-/m1/s1. The van der Waals surface area contributed by atoms with Gasteiger partial charge in [-0.25, -0.2) is 8.42 Å². The molecule has 2 rings (SSSR count). The molecule has 0 aliphatic carbocycles. The number of hydrogen-bond donors (Lipinski definition) is 1. The number of nitro benzene ring substituents is 1. The Morgan fingerprint density at radius 2 is 2.05 bits per heavy atom. The van der Waals surface area contributed by atoms with Crippen LogP contribution in [0, 0.1) is 10.1 Å². The van der Waals surface area contributed by atoms with Gasteiger partial charge in [0.05, 0.1) is 4.92 Å². The zero-order valence-corrected chi connectivity index (χ0v) is 12.5. The molecule has 1 aromatic carbocycles. The van der Waals surface area contributed by atoms with Gasteiger partial charge in [-0.05, 0) is 18.6 Å². The second-order valence-electron chi connectivity index (χ2n) is 4.38. The maximum absolute atomic E-state index is 12.4. The number of benzene rings is 1. The molecule has 1 aromatic rings. The van der Waals surface area contributed by atoms with Crippen LogP contribution in [0.15, 0.2) is 17.0 Å². The molecule has 0 aromatic heterocycles. The fourth-order valence-corrected chi connectivity index (χ4v) is 4.38. The molecule has 20 heavy (non-hydrogen) atoms. The van der Waals surface area contributed by atoms with Gasteiger partial charge < -0.3 is 5.73 Å². The minimum absolute atomic E-state index is 0.162. The molecule has 1 aliphatic rings. The summed E-state index contributed by atoms with van der Waals surface area (Å²) in [6.07, 6.45) is 0.534. The van der Waals surface area contributed by atoms with E-state index in [4.69, 9.17) is 28.9 Å². The summed E-state index contributed by atoms with van der Waals surface area (Å²) in [5.74, 6) is 0. The first-order valence-corrected chi connectivity index (χ1v) is 7.83. The molecule has 1 fully saturated rings. The lowest BCUT2D eigenvalue weighted by Gasteiger charge is -2.16. The highest BCUT2D eigenvalue weighted by molar-refractivity contribution is 7.89. The third-order valence-electron chi connectivity index (χ3n) is 3.02. The van der Waals surface area contributed by atoms with Crippen molar-refractivity contribution >= 4 is 38.9 Å². The minimum Gasteiger partial charge on any atom is -0.326 e. The van der Waals surface area contributed by atoms with Crippen LogP contribution in [0.25, 0.3) is 0 Å². The molecule has 1 saturated heterocycles. The van der Waals surface area contributed by atoms with Gasteiger partial charge in [-0.2, -0.15) is 4.31 Å². The van der Waals surface area contributed by atoms with Crippen LogP contribution in [-0.4, -0.2) is 36.8 Å². The Labute approximate surface area is 125 Å². The van der Waals surface area contributed by atoms with Crippen molar-refractivity contribution in [3.8, 4) is 0 Å². The van der Waals surface area contributed by atoms with Crippen LogP contribution in [-0.2, 0) is 10.0 Å². The molecule has 0 amide bonds. The number of nitrogens with zero attached hydrogens (tertiary/aromatic N) is 2. The van der Waals surface area contributed by atoms with E-state index in [0.29, 0.717) is 6.42 Å². The normalized spacial score (nSPS) is 20.2. The average Bonchev–Trinajstić information content (AvgIpc) is 2.75. The number of halogens is 2. The van der Waals surface area contributed by atoms with Gasteiger partial charge in [-0.1, -0.05) is 23.2 Å². The fourth-order valence-electron chi connectivity index (χ4n) is 2.00. The molecule has 0 bridgehead atoms. The third kappa shape index (κ3) is 2.61. The van der Waals surface area contributed by atoms with Gasteiger partial charge in [-0.3, -0.25) is 10.1 Å². The van der Waals surface area contributed by atoms with Crippen LogP contribution in [0.5, 0.6) is 0 Å². The van der Waals surface area contributed by atoms with Crippen molar-refractivity contribution in [2.45, 2.75) is 17.4 Å². The number of sulfonamides is 1. The molecule has 0 radical (unpaired) electrons. The Hall–Kier alpha value is -0.930. The van der Waals surface area contributed by atoms with Gasteiger partial charge in [0, 0.05) is 19.1 Å². The number of nitrogens with two attached hydrogens (primary N) is 1. The van der Waals surface area contributed by atoms with Gasteiger partial charge in [0.25, 0.3) is 0 Å². The van der Waals surface area contributed by atoms with Crippen LogP contribution in [0.3, 0.4) is 0 Å². The van der Waals surface area contributed by atoms with Crippen molar-refractivity contribution in [2.24, 2.45) is 5.73 Å². The molecular weight excluding hydrogens is 329 g/mol. The molecule has 10 heteroatoms. The maximum atomic E-state index is 12.4. The Morgan fingerprint density at radius 1 is 1.40 bits per heavy atom. The molecule has 7 nitrogen and oxygen atoms in total. The summed E-state index contributed by atoms with van der Waals surface area (Å²) in [5, 5.41) is 10.2. The van der Waals surface area contributed by atoms with E-state index in [-0.39, 0.29) is 29.0 Å². The second-order valence-corrected chi connectivity index (χ2v) is 7.07. The van der Waals surface area contributed by atoms with E-state index >= 15 is 0 Å². The number of hydrogen-bond acceptors (Lipinski definition) is 5.